The molecule has 1 aromatic heterocycles. The van der Waals surface area contributed by atoms with Crippen LogP contribution in [0.1, 0.15) is 5.56 Å². The highest BCUT2D eigenvalue weighted by molar-refractivity contribution is 7.92. The molecule has 0 fully saturated rings. The number of thiophene rings is 1. The van der Waals surface area contributed by atoms with E-state index in [9.17, 15) is 8.42 Å². The van der Waals surface area contributed by atoms with Crippen molar-refractivity contribution >= 4 is 38.5 Å². The summed E-state index contributed by atoms with van der Waals surface area (Å²) in [7, 11) is -3.31. The molecule has 2 aromatic rings. The Morgan fingerprint density at radius 1 is 1.29 bits per heavy atom. The molecule has 0 atom stereocenters. The first-order valence-corrected chi connectivity index (χ1v) is 7.70. The fraction of sp³-hybridized carbons (Fsp3) is 0.0909. The molecular formula is C11H10ClNO2S2. The molecule has 0 aliphatic carbocycles. The molecule has 0 aliphatic heterocycles. The number of hydrogen-bond donors (Lipinski definition) is 1. The van der Waals surface area contributed by atoms with E-state index in [1.54, 1.807) is 35.7 Å². The summed E-state index contributed by atoms with van der Waals surface area (Å²) in [6.45, 7) is 0. The number of nitrogens with two attached hydrogens (primary N) is 1. The molecule has 2 N–H and O–H groups in total. The lowest BCUT2D eigenvalue weighted by Crippen LogP contribution is -2.03. The van der Waals surface area contributed by atoms with E-state index in [1.165, 1.54) is 11.3 Å². The molecule has 0 spiro atoms. The van der Waals surface area contributed by atoms with Gasteiger partial charge in [-0.05, 0) is 29.1 Å². The standard InChI is InChI=1S/C11H10ClNO2S2/c12-10-6-9(13)4-3-8(10)7-17(14,15)11-2-1-5-16-11/h1-6H,7,13H2. The monoisotopic (exact) mass is 287 g/mol. The van der Waals surface area contributed by atoms with E-state index >= 15 is 0 Å². The fourth-order valence-corrected chi connectivity index (χ4v) is 4.20. The fourth-order valence-electron chi connectivity index (χ4n) is 1.40. The predicted molar refractivity (Wildman–Crippen MR) is 71.1 cm³/mol. The maximum atomic E-state index is 12.0. The number of halogens is 1. The number of anilines is 1. The average molecular weight is 288 g/mol. The van der Waals surface area contributed by atoms with Crippen molar-refractivity contribution in [1.82, 2.24) is 0 Å². The number of nitrogen functional groups attached to an aromatic ring is 1. The third kappa shape index (κ3) is 2.80. The number of rotatable bonds is 3. The summed E-state index contributed by atoms with van der Waals surface area (Å²) < 4.78 is 24.4. The van der Waals surface area contributed by atoms with Crippen LogP contribution >= 0.6 is 22.9 Å². The van der Waals surface area contributed by atoms with Gasteiger partial charge in [0, 0.05) is 10.7 Å². The van der Waals surface area contributed by atoms with Gasteiger partial charge in [0.1, 0.15) is 4.21 Å². The molecule has 17 heavy (non-hydrogen) atoms. The maximum absolute atomic E-state index is 12.0. The zero-order valence-electron chi connectivity index (χ0n) is 8.76. The summed E-state index contributed by atoms with van der Waals surface area (Å²) in [5.74, 6) is -0.105. The quantitative estimate of drug-likeness (QED) is 0.883. The minimum absolute atomic E-state index is 0.105. The van der Waals surface area contributed by atoms with Gasteiger partial charge in [-0.2, -0.15) is 0 Å². The zero-order valence-corrected chi connectivity index (χ0v) is 11.1. The van der Waals surface area contributed by atoms with Gasteiger partial charge < -0.3 is 5.73 Å². The summed E-state index contributed by atoms with van der Waals surface area (Å²) in [5.41, 5.74) is 6.64. The smallest absolute Gasteiger partial charge is 0.191 e. The predicted octanol–water partition coefficient (Wildman–Crippen LogP) is 2.96. The van der Waals surface area contributed by atoms with E-state index in [-0.39, 0.29) is 5.75 Å². The van der Waals surface area contributed by atoms with Crippen LogP contribution in [0.4, 0.5) is 5.69 Å². The van der Waals surface area contributed by atoms with E-state index in [1.807, 2.05) is 0 Å². The van der Waals surface area contributed by atoms with Crippen molar-refractivity contribution in [3.8, 4) is 0 Å². The van der Waals surface area contributed by atoms with Gasteiger partial charge in [0.2, 0.25) is 0 Å². The van der Waals surface area contributed by atoms with Gasteiger partial charge in [-0.15, -0.1) is 11.3 Å². The Hall–Kier alpha value is -1.04. The number of benzene rings is 1. The van der Waals surface area contributed by atoms with Crippen LogP contribution in [0.15, 0.2) is 39.9 Å². The van der Waals surface area contributed by atoms with Crippen molar-refractivity contribution < 1.29 is 8.42 Å². The second-order valence-corrected chi connectivity index (χ2v) is 7.11. The van der Waals surface area contributed by atoms with Crippen molar-refractivity contribution in [2.45, 2.75) is 9.96 Å². The number of sulfone groups is 1. The Balaban J connectivity index is 2.33. The molecule has 6 heteroatoms. The van der Waals surface area contributed by atoms with Gasteiger partial charge >= 0.3 is 0 Å². The van der Waals surface area contributed by atoms with Gasteiger partial charge in [-0.3, -0.25) is 0 Å². The van der Waals surface area contributed by atoms with Crippen LogP contribution in [0.2, 0.25) is 5.02 Å². The van der Waals surface area contributed by atoms with Gasteiger partial charge in [0.05, 0.1) is 5.75 Å². The highest BCUT2D eigenvalue weighted by Crippen LogP contribution is 2.26. The van der Waals surface area contributed by atoms with E-state index in [4.69, 9.17) is 17.3 Å². The highest BCUT2D eigenvalue weighted by Gasteiger charge is 2.17. The molecule has 1 heterocycles. The van der Waals surface area contributed by atoms with Crippen molar-refractivity contribution in [1.29, 1.82) is 0 Å². The minimum Gasteiger partial charge on any atom is -0.399 e. The molecule has 0 unspecified atom stereocenters. The molecule has 0 amide bonds. The molecule has 0 saturated carbocycles. The van der Waals surface area contributed by atoms with Crippen LogP contribution in [0.25, 0.3) is 0 Å². The Bertz CT molecular complexity index is 621. The molecule has 0 bridgehead atoms. The number of hydrogen-bond acceptors (Lipinski definition) is 4. The Morgan fingerprint density at radius 3 is 2.65 bits per heavy atom. The second kappa shape index (κ2) is 4.68. The van der Waals surface area contributed by atoms with Crippen molar-refractivity contribution in [3.63, 3.8) is 0 Å². The summed E-state index contributed by atoms with van der Waals surface area (Å²) >= 11 is 7.16. The molecule has 0 saturated heterocycles. The average Bonchev–Trinajstić information content (AvgIpc) is 2.76. The first-order valence-electron chi connectivity index (χ1n) is 4.79. The van der Waals surface area contributed by atoms with Crippen LogP contribution in [0.5, 0.6) is 0 Å². The first-order chi connectivity index (χ1) is 7.99. The van der Waals surface area contributed by atoms with E-state index in [0.717, 1.165) is 0 Å². The Morgan fingerprint density at radius 2 is 2.06 bits per heavy atom. The molecule has 0 radical (unpaired) electrons. The SMILES string of the molecule is Nc1ccc(CS(=O)(=O)c2cccs2)c(Cl)c1. The maximum Gasteiger partial charge on any atom is 0.191 e. The Kier molecular flexibility index (Phi) is 3.42. The lowest BCUT2D eigenvalue weighted by Gasteiger charge is -2.05. The van der Waals surface area contributed by atoms with Gasteiger partial charge in [-0.1, -0.05) is 23.7 Å². The van der Waals surface area contributed by atoms with E-state index in [2.05, 4.69) is 0 Å². The minimum atomic E-state index is -3.31. The van der Waals surface area contributed by atoms with E-state index < -0.39 is 9.84 Å². The molecule has 2 rings (SSSR count). The Labute approximate surface area is 109 Å². The van der Waals surface area contributed by atoms with Crippen LogP contribution < -0.4 is 5.73 Å². The van der Waals surface area contributed by atoms with Crippen molar-refractivity contribution in [2.75, 3.05) is 5.73 Å². The van der Waals surface area contributed by atoms with Crippen LogP contribution in [-0.2, 0) is 15.6 Å². The van der Waals surface area contributed by atoms with Gasteiger partial charge in [-0.25, -0.2) is 8.42 Å². The largest absolute Gasteiger partial charge is 0.399 e. The van der Waals surface area contributed by atoms with Gasteiger partial charge in [0.15, 0.2) is 9.84 Å². The van der Waals surface area contributed by atoms with Crippen LogP contribution in [0.3, 0.4) is 0 Å². The lowest BCUT2D eigenvalue weighted by atomic mass is 10.2. The second-order valence-electron chi connectivity index (χ2n) is 3.54. The highest BCUT2D eigenvalue weighted by atomic mass is 35.5. The van der Waals surface area contributed by atoms with Crippen LogP contribution in [-0.4, -0.2) is 8.42 Å². The van der Waals surface area contributed by atoms with Crippen molar-refractivity contribution in [3.05, 3.63) is 46.3 Å². The molecular weight excluding hydrogens is 278 g/mol. The topological polar surface area (TPSA) is 60.2 Å². The molecule has 1 aromatic carbocycles. The van der Waals surface area contributed by atoms with Crippen molar-refractivity contribution in [2.24, 2.45) is 0 Å². The normalized spacial score (nSPS) is 11.6. The zero-order chi connectivity index (χ0) is 12.5. The summed E-state index contributed by atoms with van der Waals surface area (Å²) in [6.07, 6.45) is 0. The van der Waals surface area contributed by atoms with E-state index in [0.29, 0.717) is 20.5 Å². The third-order valence-corrected chi connectivity index (χ3v) is 5.73. The van der Waals surface area contributed by atoms with Gasteiger partial charge in [0.25, 0.3) is 0 Å². The summed E-state index contributed by atoms with van der Waals surface area (Å²) in [5, 5.41) is 2.11. The summed E-state index contributed by atoms with van der Waals surface area (Å²) in [4.78, 5) is 0. The molecule has 0 aliphatic rings. The van der Waals surface area contributed by atoms with Crippen LogP contribution in [0, 0.1) is 0 Å². The molecule has 90 valence electrons. The first kappa shape index (κ1) is 12.4. The third-order valence-electron chi connectivity index (χ3n) is 2.22. The lowest BCUT2D eigenvalue weighted by molar-refractivity contribution is 0.597. The summed E-state index contributed by atoms with van der Waals surface area (Å²) in [6, 6.07) is 8.14. The molecule has 3 nitrogen and oxygen atoms in total.